The third kappa shape index (κ3) is 2.50. The van der Waals surface area contributed by atoms with E-state index in [1.807, 2.05) is 17.5 Å². The summed E-state index contributed by atoms with van der Waals surface area (Å²) in [5.74, 6) is 1.89. The van der Waals surface area contributed by atoms with Gasteiger partial charge >= 0.3 is 0 Å². The van der Waals surface area contributed by atoms with Crippen molar-refractivity contribution in [2.75, 3.05) is 11.6 Å². The van der Waals surface area contributed by atoms with Gasteiger partial charge in [-0.2, -0.15) is 0 Å². The molecule has 0 saturated carbocycles. The number of thiophene rings is 1. The molecule has 0 bridgehead atoms. The van der Waals surface area contributed by atoms with Gasteiger partial charge in [0.05, 0.1) is 12.6 Å². The van der Waals surface area contributed by atoms with Crippen LogP contribution >= 0.6 is 23.1 Å². The Morgan fingerprint density at radius 3 is 3.29 bits per heavy atom. The van der Waals surface area contributed by atoms with Gasteiger partial charge in [-0.15, -0.1) is 23.1 Å². The summed E-state index contributed by atoms with van der Waals surface area (Å²) in [7, 11) is 0. The Hall–Kier alpha value is -0.520. The molecule has 0 spiro atoms. The van der Waals surface area contributed by atoms with Crippen LogP contribution in [-0.2, 0) is 11.3 Å². The first kappa shape index (κ1) is 10.0. The van der Waals surface area contributed by atoms with Crippen LogP contribution < -0.4 is 10.6 Å². The summed E-state index contributed by atoms with van der Waals surface area (Å²) in [6.45, 7) is 0.652. The van der Waals surface area contributed by atoms with Crippen molar-refractivity contribution in [3.63, 3.8) is 0 Å². The van der Waals surface area contributed by atoms with Crippen molar-refractivity contribution in [3.05, 3.63) is 22.4 Å². The molecule has 1 atom stereocenters. The minimum absolute atomic E-state index is 0.0000350. The highest BCUT2D eigenvalue weighted by molar-refractivity contribution is 7.99. The maximum Gasteiger partial charge on any atom is 0.238 e. The number of amides is 1. The van der Waals surface area contributed by atoms with Crippen LogP contribution in [0.1, 0.15) is 4.88 Å². The predicted octanol–water partition coefficient (Wildman–Crippen LogP) is 1.03. The predicted molar refractivity (Wildman–Crippen MR) is 60.4 cm³/mol. The lowest BCUT2D eigenvalue weighted by Gasteiger charge is -2.09. The molecule has 1 aliphatic rings. The molecule has 2 N–H and O–H groups in total. The topological polar surface area (TPSA) is 41.1 Å². The van der Waals surface area contributed by atoms with Crippen molar-refractivity contribution < 1.29 is 4.79 Å². The average molecular weight is 228 g/mol. The molecule has 1 unspecified atom stereocenters. The zero-order chi connectivity index (χ0) is 9.80. The number of nitrogens with one attached hydrogen (secondary N) is 2. The van der Waals surface area contributed by atoms with Crippen LogP contribution in [0.3, 0.4) is 0 Å². The molecular formula is C9H12N2OS2. The molecule has 1 aliphatic heterocycles. The molecule has 5 heteroatoms. The van der Waals surface area contributed by atoms with Crippen LogP contribution in [0.15, 0.2) is 17.5 Å². The highest BCUT2D eigenvalue weighted by Crippen LogP contribution is 2.11. The molecule has 0 aromatic carbocycles. The summed E-state index contributed by atoms with van der Waals surface area (Å²) in [5.41, 5.74) is 0. The number of carbonyl (C=O) groups is 1. The lowest BCUT2D eigenvalue weighted by atomic mass is 10.3. The first-order chi connectivity index (χ1) is 6.86. The highest BCUT2D eigenvalue weighted by atomic mass is 32.2. The van der Waals surface area contributed by atoms with Gasteiger partial charge in [-0.05, 0) is 11.4 Å². The van der Waals surface area contributed by atoms with Crippen molar-refractivity contribution in [2.24, 2.45) is 0 Å². The lowest BCUT2D eigenvalue weighted by molar-refractivity contribution is -0.122. The maximum absolute atomic E-state index is 11.6. The zero-order valence-corrected chi connectivity index (χ0v) is 9.29. The second kappa shape index (κ2) is 4.82. The van der Waals surface area contributed by atoms with Crippen molar-refractivity contribution >= 4 is 29.0 Å². The molecule has 1 amide bonds. The highest BCUT2D eigenvalue weighted by Gasteiger charge is 2.21. The molecule has 2 heterocycles. The second-order valence-corrected chi connectivity index (χ2v) is 5.13. The summed E-state index contributed by atoms with van der Waals surface area (Å²) < 4.78 is 0. The molecule has 0 radical (unpaired) electrons. The maximum atomic E-state index is 11.6. The van der Waals surface area contributed by atoms with Crippen LogP contribution in [0.5, 0.6) is 0 Å². The van der Waals surface area contributed by atoms with Crippen LogP contribution in [0, 0.1) is 0 Å². The Morgan fingerprint density at radius 1 is 1.71 bits per heavy atom. The Labute approximate surface area is 91.3 Å². The Kier molecular flexibility index (Phi) is 3.44. The summed E-state index contributed by atoms with van der Waals surface area (Å²) in [5, 5.41) is 8.08. The smallest absolute Gasteiger partial charge is 0.238 e. The van der Waals surface area contributed by atoms with E-state index in [0.29, 0.717) is 6.54 Å². The van der Waals surface area contributed by atoms with Crippen molar-refractivity contribution in [3.8, 4) is 0 Å². The third-order valence-corrected chi connectivity index (χ3v) is 3.87. The molecule has 1 saturated heterocycles. The van der Waals surface area contributed by atoms with Gasteiger partial charge in [0.25, 0.3) is 0 Å². The first-order valence-electron chi connectivity index (χ1n) is 4.47. The normalized spacial score (nSPS) is 21.0. The largest absolute Gasteiger partial charge is 0.350 e. The number of hydrogen-bond acceptors (Lipinski definition) is 4. The standard InChI is InChI=1S/C9H12N2OS2/c12-9(8-5-13-6-11-8)10-4-7-2-1-3-14-7/h1-3,8,11H,4-6H2,(H,10,12). The van der Waals surface area contributed by atoms with Gasteiger partial charge in [0.1, 0.15) is 0 Å². The zero-order valence-electron chi connectivity index (χ0n) is 7.66. The van der Waals surface area contributed by atoms with Crippen molar-refractivity contribution in [1.82, 2.24) is 10.6 Å². The fraction of sp³-hybridized carbons (Fsp3) is 0.444. The van der Waals surface area contributed by atoms with Gasteiger partial charge in [-0.25, -0.2) is 0 Å². The fourth-order valence-corrected chi connectivity index (χ4v) is 2.86. The molecule has 1 aromatic heterocycles. The Balaban J connectivity index is 1.77. The van der Waals surface area contributed by atoms with Gasteiger partial charge < -0.3 is 5.32 Å². The average Bonchev–Trinajstić information content (AvgIpc) is 2.87. The second-order valence-electron chi connectivity index (χ2n) is 3.07. The van der Waals surface area contributed by atoms with Crippen LogP contribution in [-0.4, -0.2) is 23.6 Å². The van der Waals surface area contributed by atoms with Crippen LogP contribution in [0.4, 0.5) is 0 Å². The molecule has 2 rings (SSSR count). The number of hydrogen-bond donors (Lipinski definition) is 2. The molecule has 1 fully saturated rings. The van der Waals surface area contributed by atoms with Gasteiger partial charge in [-0.3, -0.25) is 10.1 Å². The van der Waals surface area contributed by atoms with E-state index in [0.717, 1.165) is 11.6 Å². The number of rotatable bonds is 3. The molecule has 1 aromatic rings. The monoisotopic (exact) mass is 228 g/mol. The van der Waals surface area contributed by atoms with Gasteiger partial charge in [0.2, 0.25) is 5.91 Å². The van der Waals surface area contributed by atoms with E-state index in [2.05, 4.69) is 10.6 Å². The van der Waals surface area contributed by atoms with E-state index >= 15 is 0 Å². The molecule has 14 heavy (non-hydrogen) atoms. The van der Waals surface area contributed by atoms with Crippen molar-refractivity contribution in [1.29, 1.82) is 0 Å². The first-order valence-corrected chi connectivity index (χ1v) is 6.51. The van der Waals surface area contributed by atoms with Crippen LogP contribution in [0.25, 0.3) is 0 Å². The molecule has 3 nitrogen and oxygen atoms in total. The third-order valence-electron chi connectivity index (χ3n) is 2.05. The minimum atomic E-state index is -0.0000350. The van der Waals surface area contributed by atoms with E-state index in [-0.39, 0.29) is 11.9 Å². The van der Waals surface area contributed by atoms with E-state index < -0.39 is 0 Å². The summed E-state index contributed by atoms with van der Waals surface area (Å²) >= 11 is 3.43. The molecule has 0 aliphatic carbocycles. The summed E-state index contributed by atoms with van der Waals surface area (Å²) in [4.78, 5) is 12.8. The molecular weight excluding hydrogens is 216 g/mol. The van der Waals surface area contributed by atoms with Gasteiger partial charge in [-0.1, -0.05) is 6.07 Å². The fourth-order valence-electron chi connectivity index (χ4n) is 1.27. The quantitative estimate of drug-likeness (QED) is 0.812. The minimum Gasteiger partial charge on any atom is -0.350 e. The lowest BCUT2D eigenvalue weighted by Crippen LogP contribution is -2.41. The Morgan fingerprint density at radius 2 is 2.64 bits per heavy atom. The Bertz CT molecular complexity index is 294. The SMILES string of the molecule is O=C(NCc1cccs1)C1CSCN1. The van der Waals surface area contributed by atoms with E-state index in [1.54, 1.807) is 23.1 Å². The van der Waals surface area contributed by atoms with Gasteiger partial charge in [0, 0.05) is 16.5 Å². The van der Waals surface area contributed by atoms with E-state index in [9.17, 15) is 4.79 Å². The summed E-state index contributed by atoms with van der Waals surface area (Å²) in [6, 6.07) is 4.03. The number of thioether (sulfide) groups is 1. The van der Waals surface area contributed by atoms with Gasteiger partial charge in [0.15, 0.2) is 0 Å². The number of carbonyl (C=O) groups excluding carboxylic acids is 1. The van der Waals surface area contributed by atoms with Crippen molar-refractivity contribution in [2.45, 2.75) is 12.6 Å². The summed E-state index contributed by atoms with van der Waals surface area (Å²) in [6.07, 6.45) is 0. The van der Waals surface area contributed by atoms with Crippen LogP contribution in [0.2, 0.25) is 0 Å². The van der Waals surface area contributed by atoms with E-state index in [4.69, 9.17) is 0 Å². The molecule has 76 valence electrons. The van der Waals surface area contributed by atoms with E-state index in [1.165, 1.54) is 4.88 Å².